The molecule has 0 heterocycles. The lowest BCUT2D eigenvalue weighted by Crippen LogP contribution is -2.48. The van der Waals surface area contributed by atoms with E-state index in [4.69, 9.17) is 4.74 Å². The van der Waals surface area contributed by atoms with Crippen LogP contribution in [-0.2, 0) is 14.3 Å². The van der Waals surface area contributed by atoms with Gasteiger partial charge >= 0.3 is 5.97 Å². The van der Waals surface area contributed by atoms with E-state index in [1.807, 2.05) is 19.1 Å². The van der Waals surface area contributed by atoms with E-state index in [1.165, 1.54) is 31.3 Å². The van der Waals surface area contributed by atoms with E-state index >= 15 is 0 Å². The molecular weight excluding hydrogens is 348 g/mol. The molecule has 0 aromatic heterocycles. The number of ether oxygens (including phenoxy) is 1. The Labute approximate surface area is 169 Å². The zero-order valence-corrected chi connectivity index (χ0v) is 17.6. The zero-order chi connectivity index (χ0) is 19.9. The van der Waals surface area contributed by atoms with Crippen LogP contribution in [0.25, 0.3) is 0 Å². The van der Waals surface area contributed by atoms with Crippen LogP contribution in [0.3, 0.4) is 0 Å². The van der Waals surface area contributed by atoms with Crippen molar-refractivity contribution >= 4 is 11.8 Å². The Hall–Kier alpha value is -1.64. The first-order valence-electron chi connectivity index (χ1n) is 11.1. The molecule has 152 valence electrons. The third-order valence-electron chi connectivity index (χ3n) is 8.67. The summed E-state index contributed by atoms with van der Waals surface area (Å²) in [6, 6.07) is 0. The van der Waals surface area contributed by atoms with Gasteiger partial charge in [0.15, 0.2) is 5.78 Å². The number of hydrogen-bond donors (Lipinski definition) is 0. The van der Waals surface area contributed by atoms with E-state index in [2.05, 4.69) is 26.0 Å². The van der Waals surface area contributed by atoms with Gasteiger partial charge in [0.05, 0.1) is 6.61 Å². The number of allylic oxidation sites excluding steroid dienone is 5. The summed E-state index contributed by atoms with van der Waals surface area (Å²) in [6.45, 7) is 7.18. The fraction of sp³-hybridized carbons (Fsp3) is 0.680. The normalized spacial score (nSPS) is 42.0. The third-order valence-corrected chi connectivity index (χ3v) is 8.67. The maximum absolute atomic E-state index is 11.9. The molecule has 4 aliphatic rings. The van der Waals surface area contributed by atoms with Crippen molar-refractivity contribution in [2.75, 3.05) is 6.61 Å². The van der Waals surface area contributed by atoms with Crippen LogP contribution in [0.4, 0.5) is 0 Å². The molecule has 0 N–H and O–H groups in total. The Bertz CT molecular complexity index is 745. The van der Waals surface area contributed by atoms with Crippen molar-refractivity contribution in [1.82, 2.24) is 0 Å². The van der Waals surface area contributed by atoms with E-state index in [-0.39, 0.29) is 11.4 Å². The highest BCUT2D eigenvalue weighted by Crippen LogP contribution is 2.65. The van der Waals surface area contributed by atoms with Crippen molar-refractivity contribution in [1.29, 1.82) is 0 Å². The summed E-state index contributed by atoms with van der Waals surface area (Å²) in [5, 5.41) is 0. The van der Waals surface area contributed by atoms with Crippen LogP contribution in [0.2, 0.25) is 0 Å². The van der Waals surface area contributed by atoms with Gasteiger partial charge in [-0.2, -0.15) is 0 Å². The van der Waals surface area contributed by atoms with Crippen molar-refractivity contribution in [2.45, 2.75) is 65.7 Å². The second kappa shape index (κ2) is 7.31. The number of carbonyl (C=O) groups is 2. The average molecular weight is 383 g/mol. The van der Waals surface area contributed by atoms with E-state index in [9.17, 15) is 9.59 Å². The first-order chi connectivity index (χ1) is 13.4. The lowest BCUT2D eigenvalue weighted by molar-refractivity contribution is -0.137. The Morgan fingerprint density at radius 1 is 1.21 bits per heavy atom. The summed E-state index contributed by atoms with van der Waals surface area (Å²) in [5.74, 6) is 2.75. The third kappa shape index (κ3) is 3.11. The number of ketones is 1. The molecule has 3 heteroatoms. The second-order valence-corrected chi connectivity index (χ2v) is 9.84. The Morgan fingerprint density at radius 3 is 2.82 bits per heavy atom. The van der Waals surface area contributed by atoms with Gasteiger partial charge in [0.1, 0.15) is 0 Å². The molecule has 0 aliphatic heterocycles. The molecule has 2 fully saturated rings. The first kappa shape index (κ1) is 19.7. The Morgan fingerprint density at radius 2 is 2.04 bits per heavy atom. The van der Waals surface area contributed by atoms with E-state index in [0.717, 1.165) is 18.8 Å². The standard InChI is InChI=1S/C25H34O3/c1-4-28-23(27)7-5-6-17-9-11-21-20-10-8-18-16-19(26)12-14-25(18,3)22(20)13-15-24(17,21)2/h5,7-8,10,16-17,20-22H,4,6,9,11-15H2,1-3H3/b7-5+/t17-,20?,21?,22?,24?,25?/m0/s1. The molecule has 0 bridgehead atoms. The largest absolute Gasteiger partial charge is 0.463 e. The van der Waals surface area contributed by atoms with Gasteiger partial charge in [-0.05, 0) is 91.6 Å². The van der Waals surface area contributed by atoms with Crippen LogP contribution in [0.15, 0.2) is 36.0 Å². The molecule has 0 aromatic carbocycles. The zero-order valence-electron chi connectivity index (χ0n) is 17.6. The summed E-state index contributed by atoms with van der Waals surface area (Å²) in [7, 11) is 0. The monoisotopic (exact) mass is 382 g/mol. The van der Waals surface area contributed by atoms with Crippen molar-refractivity contribution in [2.24, 2.45) is 34.5 Å². The number of hydrogen-bond acceptors (Lipinski definition) is 3. The Balaban J connectivity index is 1.52. The van der Waals surface area contributed by atoms with Gasteiger partial charge in [0.25, 0.3) is 0 Å². The molecule has 0 spiro atoms. The summed E-state index contributed by atoms with van der Waals surface area (Å²) < 4.78 is 5.01. The van der Waals surface area contributed by atoms with Crippen LogP contribution in [0.1, 0.15) is 65.7 Å². The molecule has 6 atom stereocenters. The highest BCUT2D eigenvalue weighted by atomic mass is 16.5. The number of rotatable bonds is 4. The van der Waals surface area contributed by atoms with Crippen molar-refractivity contribution in [3.05, 3.63) is 36.0 Å². The molecule has 4 rings (SSSR count). The predicted octanol–water partition coefficient (Wildman–Crippen LogP) is 5.42. The smallest absolute Gasteiger partial charge is 0.330 e. The molecule has 5 unspecified atom stereocenters. The van der Waals surface area contributed by atoms with Crippen molar-refractivity contribution < 1.29 is 14.3 Å². The molecular formula is C25H34O3. The van der Waals surface area contributed by atoms with Crippen LogP contribution in [-0.4, -0.2) is 18.4 Å². The lowest BCUT2D eigenvalue weighted by Gasteiger charge is -2.56. The van der Waals surface area contributed by atoms with Gasteiger partial charge in [-0.15, -0.1) is 0 Å². The van der Waals surface area contributed by atoms with Gasteiger partial charge in [-0.3, -0.25) is 4.79 Å². The van der Waals surface area contributed by atoms with Crippen molar-refractivity contribution in [3.63, 3.8) is 0 Å². The molecule has 0 radical (unpaired) electrons. The molecule has 2 saturated carbocycles. The summed E-state index contributed by atoms with van der Waals surface area (Å²) >= 11 is 0. The van der Waals surface area contributed by atoms with E-state index in [0.29, 0.717) is 42.0 Å². The van der Waals surface area contributed by atoms with Crippen LogP contribution in [0, 0.1) is 34.5 Å². The fourth-order valence-corrected chi connectivity index (χ4v) is 7.01. The summed E-state index contributed by atoms with van der Waals surface area (Å²) in [5.41, 5.74) is 1.81. The fourth-order valence-electron chi connectivity index (χ4n) is 7.01. The van der Waals surface area contributed by atoms with Gasteiger partial charge < -0.3 is 4.74 Å². The highest BCUT2D eigenvalue weighted by Gasteiger charge is 2.57. The number of carbonyl (C=O) groups excluding carboxylic acids is 2. The van der Waals surface area contributed by atoms with Gasteiger partial charge in [0.2, 0.25) is 0 Å². The van der Waals surface area contributed by atoms with E-state index < -0.39 is 0 Å². The van der Waals surface area contributed by atoms with Gasteiger partial charge in [-0.1, -0.05) is 32.1 Å². The average Bonchev–Trinajstić information content (AvgIpc) is 2.99. The maximum atomic E-state index is 11.9. The summed E-state index contributed by atoms with van der Waals surface area (Å²) in [6.07, 6.45) is 18.0. The quantitative estimate of drug-likeness (QED) is 0.482. The van der Waals surface area contributed by atoms with Crippen molar-refractivity contribution in [3.8, 4) is 0 Å². The minimum Gasteiger partial charge on any atom is -0.463 e. The SMILES string of the molecule is CCOC(=O)/C=C/C[C@H]1CCC2C3C=CC4=CC(=O)CCC4(C)C3CCC21C. The number of fused-ring (bicyclic) bond motifs is 5. The molecule has 28 heavy (non-hydrogen) atoms. The topological polar surface area (TPSA) is 43.4 Å². The molecule has 0 saturated heterocycles. The molecule has 3 nitrogen and oxygen atoms in total. The first-order valence-corrected chi connectivity index (χ1v) is 11.1. The molecule has 0 amide bonds. The van der Waals surface area contributed by atoms with E-state index in [1.54, 1.807) is 6.08 Å². The second-order valence-electron chi connectivity index (χ2n) is 9.84. The molecule has 4 aliphatic carbocycles. The van der Waals surface area contributed by atoms with Gasteiger partial charge in [-0.25, -0.2) is 4.79 Å². The minimum absolute atomic E-state index is 0.177. The Kier molecular flexibility index (Phi) is 5.14. The van der Waals surface area contributed by atoms with Crippen LogP contribution in [0.5, 0.6) is 0 Å². The number of esters is 1. The lowest BCUT2D eigenvalue weighted by atomic mass is 9.48. The minimum atomic E-state index is -0.222. The molecule has 0 aromatic rings. The van der Waals surface area contributed by atoms with Crippen LogP contribution < -0.4 is 0 Å². The van der Waals surface area contributed by atoms with Gasteiger partial charge in [0, 0.05) is 12.5 Å². The summed E-state index contributed by atoms with van der Waals surface area (Å²) in [4.78, 5) is 23.5. The highest BCUT2D eigenvalue weighted by molar-refractivity contribution is 5.92. The predicted molar refractivity (Wildman–Crippen MR) is 110 cm³/mol. The van der Waals surface area contributed by atoms with Crippen LogP contribution >= 0.6 is 0 Å². The maximum Gasteiger partial charge on any atom is 0.330 e.